The van der Waals surface area contributed by atoms with Gasteiger partial charge in [-0.2, -0.15) is 4.90 Å². The number of benzene rings is 1. The van der Waals surface area contributed by atoms with Crippen molar-refractivity contribution in [1.29, 1.82) is 0 Å². The molecule has 3 heteroatoms. The molecule has 1 aliphatic heterocycles. The van der Waals surface area contributed by atoms with Gasteiger partial charge in [-0.15, -0.1) is 0 Å². The molecule has 1 aromatic rings. The first kappa shape index (κ1) is 11.6. The minimum absolute atomic E-state index is 0.276. The Morgan fingerprint density at radius 1 is 1.12 bits per heavy atom. The van der Waals surface area contributed by atoms with Crippen LogP contribution in [-0.4, -0.2) is 49.3 Å². The van der Waals surface area contributed by atoms with Crippen molar-refractivity contribution in [3.05, 3.63) is 35.9 Å². The van der Waals surface area contributed by atoms with Gasteiger partial charge in [0.1, 0.15) is 19.6 Å². The average Bonchev–Trinajstić information content (AvgIpc) is 2.33. The molecule has 2 rings (SSSR count). The van der Waals surface area contributed by atoms with E-state index in [0.29, 0.717) is 0 Å². The highest BCUT2D eigenvalue weighted by Crippen LogP contribution is 2.05. The molecule has 1 aliphatic rings. The second kappa shape index (κ2) is 5.99. The normalized spacial score (nSPS) is 18.8. The highest BCUT2D eigenvalue weighted by Gasteiger charge is 2.23. The number of aliphatic hydroxyl groups excluding tert-OH is 1. The van der Waals surface area contributed by atoms with Crippen LogP contribution in [0.15, 0.2) is 30.3 Å². The highest BCUT2D eigenvalue weighted by molar-refractivity contribution is 5.14. The Balaban J connectivity index is 1.77. The van der Waals surface area contributed by atoms with Crippen molar-refractivity contribution in [3.8, 4) is 0 Å². The van der Waals surface area contributed by atoms with Gasteiger partial charge in [-0.3, -0.25) is 4.90 Å². The number of aliphatic hydroxyl groups is 1. The standard InChI is InChI=1S/C13H20N2O/c16-11-10-14-6-8-15(9-7-14)12-13-4-2-1-3-5-13/h1-5,16H,6-12H2/q+1. The molecule has 1 heterocycles. The average molecular weight is 220 g/mol. The number of β-amino-alcohol motifs (C(OH)–C–C–N with tert-alkyl or cyclic N) is 1. The van der Waals surface area contributed by atoms with E-state index in [1.54, 1.807) is 0 Å². The zero-order valence-corrected chi connectivity index (χ0v) is 9.68. The van der Waals surface area contributed by atoms with E-state index < -0.39 is 0 Å². The molecular formula is C13H20N2O+. The van der Waals surface area contributed by atoms with E-state index in [2.05, 4.69) is 40.1 Å². The van der Waals surface area contributed by atoms with Gasteiger partial charge in [-0.25, -0.2) is 0 Å². The van der Waals surface area contributed by atoms with Gasteiger partial charge in [0.2, 0.25) is 0 Å². The van der Waals surface area contributed by atoms with Crippen molar-refractivity contribution in [2.75, 3.05) is 39.3 Å². The summed E-state index contributed by atoms with van der Waals surface area (Å²) in [4.78, 5) is 4.80. The van der Waals surface area contributed by atoms with Crippen LogP contribution in [0.1, 0.15) is 5.56 Å². The summed E-state index contributed by atoms with van der Waals surface area (Å²) in [6, 6.07) is 10.6. The summed E-state index contributed by atoms with van der Waals surface area (Å²) < 4.78 is 0. The Hall–Kier alpha value is -0.900. The van der Waals surface area contributed by atoms with Crippen LogP contribution in [0.25, 0.3) is 0 Å². The zero-order chi connectivity index (χ0) is 11.2. The molecule has 0 bridgehead atoms. The molecule has 0 saturated carbocycles. The molecule has 1 fully saturated rings. The predicted octanol–water partition coefficient (Wildman–Crippen LogP) is 0.635. The third kappa shape index (κ3) is 3.30. The van der Waals surface area contributed by atoms with Gasteiger partial charge in [0.15, 0.2) is 0 Å². The van der Waals surface area contributed by atoms with E-state index in [1.165, 1.54) is 5.56 Å². The minimum Gasteiger partial charge on any atom is -0.395 e. The zero-order valence-electron chi connectivity index (χ0n) is 9.68. The van der Waals surface area contributed by atoms with E-state index in [0.717, 1.165) is 39.3 Å². The largest absolute Gasteiger partial charge is 0.395 e. The molecule has 1 saturated heterocycles. The van der Waals surface area contributed by atoms with E-state index >= 15 is 0 Å². The van der Waals surface area contributed by atoms with Crippen LogP contribution in [0.3, 0.4) is 0 Å². The lowest BCUT2D eigenvalue weighted by atomic mass is 10.2. The van der Waals surface area contributed by atoms with Gasteiger partial charge in [-0.05, 0) is 0 Å². The Labute approximate surface area is 97.3 Å². The van der Waals surface area contributed by atoms with Gasteiger partial charge >= 0.3 is 0 Å². The van der Waals surface area contributed by atoms with Crippen LogP contribution >= 0.6 is 0 Å². The first-order chi connectivity index (χ1) is 7.88. The molecular weight excluding hydrogens is 200 g/mol. The van der Waals surface area contributed by atoms with Gasteiger partial charge in [-0.1, -0.05) is 30.3 Å². The molecule has 0 unspecified atom stereocenters. The van der Waals surface area contributed by atoms with Crippen molar-refractivity contribution in [2.24, 2.45) is 0 Å². The highest BCUT2D eigenvalue weighted by atomic mass is 16.3. The fourth-order valence-corrected chi connectivity index (χ4v) is 2.15. The smallest absolute Gasteiger partial charge is 0.148 e. The predicted molar refractivity (Wildman–Crippen MR) is 65.5 cm³/mol. The van der Waals surface area contributed by atoms with E-state index in [9.17, 15) is 0 Å². The van der Waals surface area contributed by atoms with Crippen molar-refractivity contribution >= 4 is 0 Å². The maximum absolute atomic E-state index is 8.86. The number of piperazine rings is 1. The summed E-state index contributed by atoms with van der Waals surface area (Å²) in [6.07, 6.45) is 0. The van der Waals surface area contributed by atoms with Crippen LogP contribution in [0, 0.1) is 0 Å². The number of hydrogen-bond donors (Lipinski definition) is 1. The second-order valence-corrected chi connectivity index (χ2v) is 4.33. The molecule has 0 amide bonds. The summed E-state index contributed by atoms with van der Waals surface area (Å²) in [7, 11) is 0. The molecule has 1 aromatic carbocycles. The van der Waals surface area contributed by atoms with Crippen LogP contribution in [0.5, 0.6) is 0 Å². The van der Waals surface area contributed by atoms with Crippen LogP contribution in [-0.2, 0) is 6.54 Å². The second-order valence-electron chi connectivity index (χ2n) is 4.33. The minimum atomic E-state index is 0.276. The van der Waals surface area contributed by atoms with E-state index in [4.69, 9.17) is 5.11 Å². The quantitative estimate of drug-likeness (QED) is 0.754. The molecule has 0 aliphatic carbocycles. The fourth-order valence-electron chi connectivity index (χ4n) is 2.15. The monoisotopic (exact) mass is 220 g/mol. The summed E-state index contributed by atoms with van der Waals surface area (Å²) >= 11 is 0. The molecule has 0 atom stereocenters. The Bertz CT molecular complexity index is 294. The Morgan fingerprint density at radius 3 is 2.44 bits per heavy atom. The first-order valence-corrected chi connectivity index (χ1v) is 5.98. The van der Waals surface area contributed by atoms with Crippen molar-refractivity contribution < 1.29 is 5.11 Å². The summed E-state index contributed by atoms with van der Waals surface area (Å²) in [5.41, 5.74) is 1.39. The maximum Gasteiger partial charge on any atom is 0.148 e. The lowest BCUT2D eigenvalue weighted by molar-refractivity contribution is 0.150. The van der Waals surface area contributed by atoms with Crippen molar-refractivity contribution in [3.63, 3.8) is 0 Å². The van der Waals surface area contributed by atoms with Crippen LogP contribution in [0.4, 0.5) is 0 Å². The third-order valence-electron chi connectivity index (χ3n) is 3.13. The molecule has 1 N–H and O–H groups in total. The van der Waals surface area contributed by atoms with Crippen molar-refractivity contribution in [1.82, 2.24) is 9.80 Å². The lowest BCUT2D eigenvalue weighted by Crippen LogP contribution is -2.49. The third-order valence-corrected chi connectivity index (χ3v) is 3.13. The Morgan fingerprint density at radius 2 is 1.81 bits per heavy atom. The molecule has 1 radical (unpaired) electrons. The maximum atomic E-state index is 8.86. The number of hydrogen-bond acceptors (Lipinski definition) is 3. The molecule has 87 valence electrons. The van der Waals surface area contributed by atoms with Gasteiger partial charge in [0, 0.05) is 12.1 Å². The number of nitrogens with zero attached hydrogens (tertiary/aromatic N) is 2. The SMILES string of the molecule is OCCN1CC[N+](Cc2ccccc2)CC1. The number of rotatable bonds is 4. The molecule has 0 aromatic heterocycles. The van der Waals surface area contributed by atoms with Crippen LogP contribution in [0.2, 0.25) is 0 Å². The van der Waals surface area contributed by atoms with Gasteiger partial charge in [0.25, 0.3) is 0 Å². The fraction of sp³-hybridized carbons (Fsp3) is 0.538. The van der Waals surface area contributed by atoms with Gasteiger partial charge in [0.05, 0.1) is 19.7 Å². The van der Waals surface area contributed by atoms with Crippen LogP contribution < -0.4 is 4.90 Å². The van der Waals surface area contributed by atoms with Crippen molar-refractivity contribution in [2.45, 2.75) is 6.54 Å². The topological polar surface area (TPSA) is 29.4 Å². The molecule has 16 heavy (non-hydrogen) atoms. The summed E-state index contributed by atoms with van der Waals surface area (Å²) in [5.74, 6) is 0. The molecule has 3 nitrogen and oxygen atoms in total. The molecule has 0 spiro atoms. The lowest BCUT2D eigenvalue weighted by Gasteiger charge is -2.27. The van der Waals surface area contributed by atoms with Gasteiger partial charge < -0.3 is 5.11 Å². The summed E-state index contributed by atoms with van der Waals surface area (Å²) in [5, 5.41) is 8.86. The first-order valence-electron chi connectivity index (χ1n) is 5.98. The Kier molecular flexibility index (Phi) is 4.34. The summed E-state index contributed by atoms with van der Waals surface area (Å²) in [6.45, 7) is 6.51. The van der Waals surface area contributed by atoms with E-state index in [-0.39, 0.29) is 6.61 Å². The van der Waals surface area contributed by atoms with E-state index in [1.807, 2.05) is 0 Å².